The molecule has 0 aliphatic heterocycles. The van der Waals surface area contributed by atoms with E-state index in [0.717, 1.165) is 5.92 Å². The van der Waals surface area contributed by atoms with Crippen molar-refractivity contribution in [3.8, 4) is 0 Å². The van der Waals surface area contributed by atoms with Crippen LogP contribution in [0.3, 0.4) is 0 Å². The molecule has 3 heteroatoms. The molecule has 2 nitrogen and oxygen atoms in total. The van der Waals surface area contributed by atoms with Gasteiger partial charge in [0.15, 0.2) is 0 Å². The Morgan fingerprint density at radius 2 is 1.83 bits per heavy atom. The van der Waals surface area contributed by atoms with Gasteiger partial charge in [-0.3, -0.25) is 0 Å². The van der Waals surface area contributed by atoms with Gasteiger partial charge in [0, 0.05) is 10.9 Å². The minimum atomic E-state index is 0.475. The normalized spacial score (nSPS) is 19.4. The molecule has 1 atom stereocenters. The fourth-order valence-corrected chi connectivity index (χ4v) is 3.94. The first-order valence-electron chi connectivity index (χ1n) is 7.28. The number of rotatable bonds is 4. The van der Waals surface area contributed by atoms with Gasteiger partial charge >= 0.3 is 0 Å². The predicted octanol–water partition coefficient (Wildman–Crippen LogP) is 4.38. The number of aromatic nitrogens is 1. The summed E-state index contributed by atoms with van der Waals surface area (Å²) >= 11 is 1.88. The second-order valence-electron chi connectivity index (χ2n) is 5.89. The van der Waals surface area contributed by atoms with E-state index in [1.807, 2.05) is 11.3 Å². The van der Waals surface area contributed by atoms with Crippen molar-refractivity contribution in [1.29, 1.82) is 0 Å². The average molecular weight is 266 g/mol. The molecule has 1 heterocycles. The van der Waals surface area contributed by atoms with Crippen LogP contribution < -0.4 is 5.32 Å². The summed E-state index contributed by atoms with van der Waals surface area (Å²) in [7, 11) is 0. The molecule has 1 fully saturated rings. The van der Waals surface area contributed by atoms with Crippen molar-refractivity contribution in [3.05, 3.63) is 15.6 Å². The van der Waals surface area contributed by atoms with Crippen LogP contribution in [-0.2, 0) is 0 Å². The van der Waals surface area contributed by atoms with Gasteiger partial charge in [0.05, 0.1) is 11.7 Å². The van der Waals surface area contributed by atoms with Crippen molar-refractivity contribution >= 4 is 11.3 Å². The second kappa shape index (κ2) is 6.16. The van der Waals surface area contributed by atoms with Crippen LogP contribution >= 0.6 is 11.3 Å². The Balaban J connectivity index is 2.17. The molecule has 18 heavy (non-hydrogen) atoms. The van der Waals surface area contributed by atoms with Gasteiger partial charge in [-0.2, -0.15) is 0 Å². The lowest BCUT2D eigenvalue weighted by atomic mass is 9.84. The zero-order chi connectivity index (χ0) is 13.1. The molecule has 0 spiro atoms. The van der Waals surface area contributed by atoms with Crippen LogP contribution in [0.25, 0.3) is 0 Å². The number of nitrogens with one attached hydrogen (secondary N) is 1. The van der Waals surface area contributed by atoms with E-state index in [0.29, 0.717) is 12.1 Å². The van der Waals surface area contributed by atoms with E-state index in [9.17, 15) is 0 Å². The summed E-state index contributed by atoms with van der Waals surface area (Å²) in [6.45, 7) is 8.79. The first-order chi connectivity index (χ1) is 8.58. The van der Waals surface area contributed by atoms with Crippen molar-refractivity contribution in [2.24, 2.45) is 5.92 Å². The fraction of sp³-hybridized carbons (Fsp3) is 0.800. The number of hydrogen-bond acceptors (Lipinski definition) is 3. The summed E-state index contributed by atoms with van der Waals surface area (Å²) in [4.78, 5) is 6.17. The third-order valence-corrected chi connectivity index (χ3v) is 5.10. The van der Waals surface area contributed by atoms with Gasteiger partial charge in [-0.1, -0.05) is 33.1 Å². The molecule has 0 radical (unpaired) electrons. The quantitative estimate of drug-likeness (QED) is 0.875. The van der Waals surface area contributed by atoms with E-state index in [2.05, 4.69) is 33.0 Å². The van der Waals surface area contributed by atoms with Crippen LogP contribution in [0.1, 0.15) is 67.6 Å². The molecule has 0 bridgehead atoms. The molecule has 1 N–H and O–H groups in total. The maximum absolute atomic E-state index is 4.79. The van der Waals surface area contributed by atoms with Crippen LogP contribution in [0.2, 0.25) is 0 Å². The van der Waals surface area contributed by atoms with Crippen LogP contribution in [0, 0.1) is 19.8 Å². The zero-order valence-electron chi connectivity index (χ0n) is 12.1. The largest absolute Gasteiger partial charge is 0.305 e. The van der Waals surface area contributed by atoms with E-state index in [1.54, 1.807) is 0 Å². The standard InChI is InChI=1S/C15H26N2S/c1-10(2)16-14(13-8-6-5-7-9-13)15-17-11(3)12(4)18-15/h10,13-14,16H,5-9H2,1-4H3. The Hall–Kier alpha value is -0.410. The molecular formula is C15H26N2S. The maximum Gasteiger partial charge on any atom is 0.110 e. The van der Waals surface area contributed by atoms with Crippen molar-refractivity contribution in [2.45, 2.75) is 71.9 Å². The Labute approximate surface area is 115 Å². The van der Waals surface area contributed by atoms with Crippen LogP contribution in [0.5, 0.6) is 0 Å². The summed E-state index contributed by atoms with van der Waals surface area (Å²) in [5, 5.41) is 5.07. The molecule has 1 unspecified atom stereocenters. The van der Waals surface area contributed by atoms with Gasteiger partial charge in [-0.15, -0.1) is 11.3 Å². The Kier molecular flexibility index (Phi) is 4.79. The van der Waals surface area contributed by atoms with Gasteiger partial charge in [-0.05, 0) is 32.6 Å². The van der Waals surface area contributed by atoms with E-state index in [1.165, 1.54) is 47.7 Å². The topological polar surface area (TPSA) is 24.9 Å². The first kappa shape index (κ1) is 14.0. The Morgan fingerprint density at radius 1 is 1.17 bits per heavy atom. The molecule has 0 saturated heterocycles. The fourth-order valence-electron chi connectivity index (χ4n) is 2.87. The highest BCUT2D eigenvalue weighted by Crippen LogP contribution is 2.36. The molecule has 0 amide bonds. The molecule has 1 aliphatic carbocycles. The molecule has 0 aromatic carbocycles. The predicted molar refractivity (Wildman–Crippen MR) is 79.2 cm³/mol. The molecule has 1 aromatic heterocycles. The lowest BCUT2D eigenvalue weighted by Crippen LogP contribution is -2.34. The summed E-state index contributed by atoms with van der Waals surface area (Å²) in [6.07, 6.45) is 6.93. The zero-order valence-corrected chi connectivity index (χ0v) is 12.9. The third-order valence-electron chi connectivity index (χ3n) is 3.95. The summed E-state index contributed by atoms with van der Waals surface area (Å²) < 4.78 is 0. The van der Waals surface area contributed by atoms with Crippen LogP contribution in [-0.4, -0.2) is 11.0 Å². The summed E-state index contributed by atoms with van der Waals surface area (Å²) in [5.74, 6) is 0.783. The molecule has 1 aromatic rings. The van der Waals surface area contributed by atoms with E-state index in [4.69, 9.17) is 4.98 Å². The summed E-state index contributed by atoms with van der Waals surface area (Å²) in [6, 6.07) is 1.00. The third kappa shape index (κ3) is 3.33. The monoisotopic (exact) mass is 266 g/mol. The van der Waals surface area contributed by atoms with E-state index in [-0.39, 0.29) is 0 Å². The van der Waals surface area contributed by atoms with Gasteiger partial charge in [0.1, 0.15) is 5.01 Å². The van der Waals surface area contributed by atoms with Gasteiger partial charge in [0.25, 0.3) is 0 Å². The molecule has 2 rings (SSSR count). The average Bonchev–Trinajstić information content (AvgIpc) is 2.67. The SMILES string of the molecule is Cc1nc(C(NC(C)C)C2CCCCC2)sc1C. The molecular weight excluding hydrogens is 240 g/mol. The van der Waals surface area contributed by atoms with Gasteiger partial charge in [-0.25, -0.2) is 4.98 Å². The van der Waals surface area contributed by atoms with Crippen molar-refractivity contribution in [1.82, 2.24) is 10.3 Å². The van der Waals surface area contributed by atoms with E-state index >= 15 is 0 Å². The minimum Gasteiger partial charge on any atom is -0.305 e. The minimum absolute atomic E-state index is 0.475. The lowest BCUT2D eigenvalue weighted by molar-refractivity contribution is 0.260. The number of thiazole rings is 1. The van der Waals surface area contributed by atoms with Crippen LogP contribution in [0.4, 0.5) is 0 Å². The van der Waals surface area contributed by atoms with Gasteiger partial charge < -0.3 is 5.32 Å². The number of nitrogens with zero attached hydrogens (tertiary/aromatic N) is 1. The highest BCUT2D eigenvalue weighted by Gasteiger charge is 2.28. The smallest absolute Gasteiger partial charge is 0.110 e. The number of aryl methyl sites for hydroxylation is 2. The molecule has 1 saturated carbocycles. The van der Waals surface area contributed by atoms with Gasteiger partial charge in [0.2, 0.25) is 0 Å². The first-order valence-corrected chi connectivity index (χ1v) is 8.09. The molecule has 102 valence electrons. The van der Waals surface area contributed by atoms with Crippen LogP contribution in [0.15, 0.2) is 0 Å². The lowest BCUT2D eigenvalue weighted by Gasteiger charge is -2.31. The van der Waals surface area contributed by atoms with Crippen molar-refractivity contribution < 1.29 is 0 Å². The Bertz CT molecular complexity index is 358. The summed E-state index contributed by atoms with van der Waals surface area (Å²) in [5.41, 5.74) is 1.21. The molecule has 1 aliphatic rings. The van der Waals surface area contributed by atoms with E-state index < -0.39 is 0 Å². The highest BCUT2D eigenvalue weighted by atomic mass is 32.1. The van der Waals surface area contributed by atoms with Crippen molar-refractivity contribution in [3.63, 3.8) is 0 Å². The maximum atomic E-state index is 4.79. The highest BCUT2D eigenvalue weighted by molar-refractivity contribution is 7.11. The van der Waals surface area contributed by atoms with Crippen molar-refractivity contribution in [2.75, 3.05) is 0 Å². The second-order valence-corrected chi connectivity index (χ2v) is 7.13. The number of hydrogen-bond donors (Lipinski definition) is 1. The Morgan fingerprint density at radius 3 is 2.33 bits per heavy atom.